The molecule has 2 rings (SSSR count). The predicted octanol–water partition coefficient (Wildman–Crippen LogP) is 4.44. The highest BCUT2D eigenvalue weighted by atomic mass is 35.5. The maximum atomic E-state index is 12.9. The fourth-order valence-corrected chi connectivity index (χ4v) is 2.12. The molecule has 0 radical (unpaired) electrons. The van der Waals surface area contributed by atoms with Crippen LogP contribution in [0.5, 0.6) is 0 Å². The van der Waals surface area contributed by atoms with Gasteiger partial charge in [-0.25, -0.2) is 9.18 Å². The number of nitrogens with one attached hydrogen (secondary N) is 1. The van der Waals surface area contributed by atoms with E-state index in [1.54, 1.807) is 30.3 Å². The molecule has 0 saturated carbocycles. The Morgan fingerprint density at radius 1 is 1.24 bits per heavy atom. The minimum absolute atomic E-state index is 0.0870. The first kappa shape index (κ1) is 15.3. The van der Waals surface area contributed by atoms with Gasteiger partial charge in [0.15, 0.2) is 0 Å². The van der Waals surface area contributed by atoms with E-state index in [0.717, 1.165) is 5.56 Å². The molecule has 1 unspecified atom stereocenters. The van der Waals surface area contributed by atoms with Gasteiger partial charge in [-0.1, -0.05) is 23.7 Å². The van der Waals surface area contributed by atoms with Gasteiger partial charge >= 0.3 is 5.97 Å². The Morgan fingerprint density at radius 2 is 1.90 bits per heavy atom. The van der Waals surface area contributed by atoms with E-state index in [2.05, 4.69) is 10.1 Å². The molecular weight excluding hydrogens is 293 g/mol. The average molecular weight is 308 g/mol. The molecule has 2 aromatic carbocycles. The van der Waals surface area contributed by atoms with Crippen LogP contribution >= 0.6 is 11.6 Å². The third-order valence-electron chi connectivity index (χ3n) is 3.13. The fourth-order valence-electron chi connectivity index (χ4n) is 1.95. The molecule has 0 saturated heterocycles. The normalized spacial score (nSPS) is 11.8. The van der Waals surface area contributed by atoms with Gasteiger partial charge in [0, 0.05) is 6.04 Å². The molecule has 3 nitrogen and oxygen atoms in total. The van der Waals surface area contributed by atoms with E-state index in [4.69, 9.17) is 11.6 Å². The second kappa shape index (κ2) is 6.59. The lowest BCUT2D eigenvalue weighted by molar-refractivity contribution is 0.0601. The van der Waals surface area contributed by atoms with Crippen molar-refractivity contribution in [3.63, 3.8) is 0 Å². The van der Waals surface area contributed by atoms with Gasteiger partial charge in [0.1, 0.15) is 5.82 Å². The Balaban J connectivity index is 2.22. The number of methoxy groups -OCH3 is 1. The number of hydrogen-bond acceptors (Lipinski definition) is 3. The van der Waals surface area contributed by atoms with Crippen LogP contribution in [-0.4, -0.2) is 13.1 Å². The Labute approximate surface area is 127 Å². The van der Waals surface area contributed by atoms with Crippen molar-refractivity contribution < 1.29 is 13.9 Å². The second-order valence-electron chi connectivity index (χ2n) is 4.60. The monoisotopic (exact) mass is 307 g/mol. The predicted molar refractivity (Wildman–Crippen MR) is 81.2 cm³/mol. The SMILES string of the molecule is COC(=O)c1ccc(Cl)c(NC(C)c2ccc(F)cc2)c1. The number of ether oxygens (including phenoxy) is 1. The molecule has 0 aliphatic carbocycles. The lowest BCUT2D eigenvalue weighted by Gasteiger charge is -2.17. The van der Waals surface area contributed by atoms with Crippen LogP contribution in [0.2, 0.25) is 5.02 Å². The van der Waals surface area contributed by atoms with Crippen LogP contribution in [0.25, 0.3) is 0 Å². The molecule has 0 aliphatic rings. The fraction of sp³-hybridized carbons (Fsp3) is 0.188. The van der Waals surface area contributed by atoms with E-state index in [1.165, 1.54) is 19.2 Å². The summed E-state index contributed by atoms with van der Waals surface area (Å²) in [5, 5.41) is 3.70. The largest absolute Gasteiger partial charge is 0.465 e. The Kier molecular flexibility index (Phi) is 4.81. The van der Waals surface area contributed by atoms with E-state index in [0.29, 0.717) is 16.3 Å². The number of carbonyl (C=O) groups is 1. The molecule has 5 heteroatoms. The van der Waals surface area contributed by atoms with Crippen molar-refractivity contribution in [1.29, 1.82) is 0 Å². The summed E-state index contributed by atoms with van der Waals surface area (Å²) in [6, 6.07) is 11.0. The molecule has 21 heavy (non-hydrogen) atoms. The van der Waals surface area contributed by atoms with Gasteiger partial charge in [-0.15, -0.1) is 0 Å². The topological polar surface area (TPSA) is 38.3 Å². The summed E-state index contributed by atoms with van der Waals surface area (Å²) >= 11 is 6.13. The van der Waals surface area contributed by atoms with Crippen molar-refractivity contribution in [3.8, 4) is 0 Å². The maximum Gasteiger partial charge on any atom is 0.337 e. The first-order chi connectivity index (χ1) is 10.0. The highest BCUT2D eigenvalue weighted by Gasteiger charge is 2.12. The molecular formula is C16H15ClFNO2. The molecule has 1 atom stereocenters. The Morgan fingerprint density at radius 3 is 2.52 bits per heavy atom. The number of benzene rings is 2. The molecule has 0 amide bonds. The molecule has 0 spiro atoms. The first-order valence-corrected chi connectivity index (χ1v) is 6.79. The third kappa shape index (κ3) is 3.73. The Hall–Kier alpha value is -2.07. The standard InChI is InChI=1S/C16H15ClFNO2/c1-10(11-3-6-13(18)7-4-11)19-15-9-12(16(20)21-2)5-8-14(15)17/h3-10,19H,1-2H3. The molecule has 2 aromatic rings. The van der Waals surface area contributed by atoms with Gasteiger partial charge in [0.2, 0.25) is 0 Å². The molecule has 0 aliphatic heterocycles. The number of esters is 1. The van der Waals surface area contributed by atoms with Crippen LogP contribution in [0, 0.1) is 5.82 Å². The third-order valence-corrected chi connectivity index (χ3v) is 3.46. The number of carbonyl (C=O) groups excluding carboxylic acids is 1. The zero-order chi connectivity index (χ0) is 15.4. The van der Waals surface area contributed by atoms with E-state index >= 15 is 0 Å². The number of hydrogen-bond donors (Lipinski definition) is 1. The van der Waals surface area contributed by atoms with Crippen LogP contribution in [0.4, 0.5) is 10.1 Å². The van der Waals surface area contributed by atoms with Gasteiger partial charge in [-0.2, -0.15) is 0 Å². The Bertz CT molecular complexity index is 643. The van der Waals surface area contributed by atoms with Crippen molar-refractivity contribution in [1.82, 2.24) is 0 Å². The summed E-state index contributed by atoms with van der Waals surface area (Å²) < 4.78 is 17.6. The minimum atomic E-state index is -0.427. The van der Waals surface area contributed by atoms with Crippen LogP contribution in [0.3, 0.4) is 0 Å². The average Bonchev–Trinajstić information content (AvgIpc) is 2.49. The van der Waals surface area contributed by atoms with Gasteiger partial charge in [0.05, 0.1) is 23.4 Å². The zero-order valence-electron chi connectivity index (χ0n) is 11.7. The lowest BCUT2D eigenvalue weighted by Crippen LogP contribution is -2.08. The van der Waals surface area contributed by atoms with Crippen molar-refractivity contribution in [2.75, 3.05) is 12.4 Å². The molecule has 0 heterocycles. The van der Waals surface area contributed by atoms with E-state index < -0.39 is 5.97 Å². The summed E-state index contributed by atoms with van der Waals surface area (Å²) in [6.45, 7) is 1.92. The number of rotatable bonds is 4. The van der Waals surface area contributed by atoms with Gasteiger partial charge < -0.3 is 10.1 Å². The molecule has 1 N–H and O–H groups in total. The van der Waals surface area contributed by atoms with E-state index in [-0.39, 0.29) is 11.9 Å². The molecule has 110 valence electrons. The van der Waals surface area contributed by atoms with Crippen LogP contribution in [-0.2, 0) is 4.74 Å². The number of halogens is 2. The molecule has 0 bridgehead atoms. The van der Waals surface area contributed by atoms with Crippen molar-refractivity contribution in [3.05, 3.63) is 64.4 Å². The summed E-state index contributed by atoms with van der Waals surface area (Å²) in [7, 11) is 1.32. The van der Waals surface area contributed by atoms with Crippen molar-refractivity contribution >= 4 is 23.3 Å². The minimum Gasteiger partial charge on any atom is -0.465 e. The van der Waals surface area contributed by atoms with E-state index in [1.807, 2.05) is 6.92 Å². The van der Waals surface area contributed by atoms with Gasteiger partial charge in [-0.05, 0) is 42.8 Å². The van der Waals surface area contributed by atoms with Gasteiger partial charge in [0.25, 0.3) is 0 Å². The van der Waals surface area contributed by atoms with Crippen molar-refractivity contribution in [2.24, 2.45) is 0 Å². The smallest absolute Gasteiger partial charge is 0.337 e. The first-order valence-electron chi connectivity index (χ1n) is 6.41. The van der Waals surface area contributed by atoms with Gasteiger partial charge in [-0.3, -0.25) is 0 Å². The summed E-state index contributed by atoms with van der Waals surface area (Å²) in [5.41, 5.74) is 1.95. The highest BCUT2D eigenvalue weighted by Crippen LogP contribution is 2.27. The highest BCUT2D eigenvalue weighted by molar-refractivity contribution is 6.33. The summed E-state index contributed by atoms with van der Waals surface area (Å²) in [5.74, 6) is -0.708. The van der Waals surface area contributed by atoms with Crippen LogP contribution in [0.15, 0.2) is 42.5 Å². The second-order valence-corrected chi connectivity index (χ2v) is 5.01. The van der Waals surface area contributed by atoms with Crippen molar-refractivity contribution in [2.45, 2.75) is 13.0 Å². The quantitative estimate of drug-likeness (QED) is 0.849. The van der Waals surface area contributed by atoms with Crippen LogP contribution in [0.1, 0.15) is 28.9 Å². The molecule has 0 aromatic heterocycles. The lowest BCUT2D eigenvalue weighted by atomic mass is 10.1. The maximum absolute atomic E-state index is 12.9. The zero-order valence-corrected chi connectivity index (χ0v) is 12.4. The van der Waals surface area contributed by atoms with Crippen LogP contribution < -0.4 is 5.32 Å². The molecule has 0 fully saturated rings. The number of anilines is 1. The summed E-state index contributed by atoms with van der Waals surface area (Å²) in [4.78, 5) is 11.5. The van der Waals surface area contributed by atoms with E-state index in [9.17, 15) is 9.18 Å². The summed E-state index contributed by atoms with van der Waals surface area (Å²) in [6.07, 6.45) is 0.